The molecule has 11 heteroatoms. The van der Waals surface area contributed by atoms with Crippen molar-refractivity contribution in [3.05, 3.63) is 83.9 Å². The first kappa shape index (κ1) is 28.8. The second-order valence-corrected chi connectivity index (χ2v) is 11.4. The molecule has 2 fully saturated rings. The van der Waals surface area contributed by atoms with Crippen molar-refractivity contribution in [2.75, 3.05) is 32.1 Å². The zero-order chi connectivity index (χ0) is 29.8. The van der Waals surface area contributed by atoms with Crippen LogP contribution in [0.5, 0.6) is 5.75 Å². The number of nitrogens with one attached hydrogen (secondary N) is 2. The fourth-order valence-corrected chi connectivity index (χ4v) is 6.15. The Balaban J connectivity index is 1.03. The van der Waals surface area contributed by atoms with Crippen LogP contribution in [0.2, 0.25) is 0 Å². The van der Waals surface area contributed by atoms with Crippen LogP contribution in [0.1, 0.15) is 52.1 Å². The molecule has 0 bridgehead atoms. The molecule has 0 radical (unpaired) electrons. The summed E-state index contributed by atoms with van der Waals surface area (Å²) in [6.07, 6.45) is 6.27. The molecule has 2 aromatic carbocycles. The van der Waals surface area contributed by atoms with Crippen LogP contribution in [-0.2, 0) is 16.1 Å². The summed E-state index contributed by atoms with van der Waals surface area (Å²) in [5.41, 5.74) is 2.26. The van der Waals surface area contributed by atoms with Gasteiger partial charge in [0.2, 0.25) is 5.91 Å². The number of carbonyl (C=O) groups excluding carboxylic acids is 3. The summed E-state index contributed by atoms with van der Waals surface area (Å²) in [5.74, 6) is -0.236. The molecule has 2 N–H and O–H groups in total. The molecule has 11 nitrogen and oxygen atoms in total. The monoisotopic (exact) mass is 584 g/mol. The van der Waals surface area contributed by atoms with E-state index in [4.69, 9.17) is 9.47 Å². The van der Waals surface area contributed by atoms with E-state index in [9.17, 15) is 14.4 Å². The summed E-state index contributed by atoms with van der Waals surface area (Å²) < 4.78 is 12.4. The van der Waals surface area contributed by atoms with Crippen LogP contribution in [0.3, 0.4) is 0 Å². The van der Waals surface area contributed by atoms with E-state index >= 15 is 0 Å². The molecule has 224 valence electrons. The lowest BCUT2D eigenvalue weighted by atomic mass is 9.94. The number of fused-ring (bicyclic) bond motifs is 2. The first-order valence-corrected chi connectivity index (χ1v) is 14.8. The van der Waals surface area contributed by atoms with E-state index in [1.807, 2.05) is 18.2 Å². The van der Waals surface area contributed by atoms with Crippen LogP contribution in [-0.4, -0.2) is 88.5 Å². The van der Waals surface area contributed by atoms with E-state index in [1.165, 1.54) is 24.2 Å². The number of likely N-dealkylation sites (N-methyl/N-ethyl adjacent to an activating group) is 1. The number of rotatable bonds is 7. The molecule has 0 spiro atoms. The minimum atomic E-state index is -0.422. The van der Waals surface area contributed by atoms with Crippen LogP contribution in [0, 0.1) is 0 Å². The van der Waals surface area contributed by atoms with Gasteiger partial charge in [-0.05, 0) is 43.0 Å². The number of carbonyl (C=O) groups is 3. The van der Waals surface area contributed by atoms with E-state index in [1.54, 1.807) is 30.1 Å². The van der Waals surface area contributed by atoms with Gasteiger partial charge in [0.15, 0.2) is 0 Å². The maximum absolute atomic E-state index is 13.5. The summed E-state index contributed by atoms with van der Waals surface area (Å²) in [7, 11) is 1.76. The Morgan fingerprint density at radius 1 is 1.07 bits per heavy atom. The average molecular weight is 585 g/mol. The van der Waals surface area contributed by atoms with Gasteiger partial charge in [0, 0.05) is 50.8 Å². The summed E-state index contributed by atoms with van der Waals surface area (Å²) in [5, 5.41) is 5.97. The Hall–Kier alpha value is -4.35. The van der Waals surface area contributed by atoms with Crippen LogP contribution < -0.4 is 15.4 Å². The molecule has 3 amide bonds. The van der Waals surface area contributed by atoms with Gasteiger partial charge in [-0.3, -0.25) is 24.3 Å². The van der Waals surface area contributed by atoms with Gasteiger partial charge >= 0.3 is 0 Å². The highest BCUT2D eigenvalue weighted by molar-refractivity contribution is 6.04. The van der Waals surface area contributed by atoms with Crippen molar-refractivity contribution in [1.29, 1.82) is 0 Å². The van der Waals surface area contributed by atoms with Gasteiger partial charge < -0.3 is 25.0 Å². The predicted molar refractivity (Wildman–Crippen MR) is 159 cm³/mol. The first-order valence-electron chi connectivity index (χ1n) is 14.8. The lowest BCUT2D eigenvalue weighted by molar-refractivity contribution is -0.134. The van der Waals surface area contributed by atoms with E-state index in [-0.39, 0.29) is 54.8 Å². The fraction of sp³-hybridized carbons (Fsp3) is 0.406. The highest BCUT2D eigenvalue weighted by atomic mass is 16.5. The highest BCUT2D eigenvalue weighted by Crippen LogP contribution is 2.32. The Morgan fingerprint density at radius 3 is 2.74 bits per heavy atom. The second kappa shape index (κ2) is 12.9. The van der Waals surface area contributed by atoms with Gasteiger partial charge in [-0.1, -0.05) is 30.3 Å². The molecular formula is C32H36N6O5. The molecule has 4 atom stereocenters. The third-order valence-corrected chi connectivity index (χ3v) is 8.36. The van der Waals surface area contributed by atoms with E-state index in [2.05, 4.69) is 37.6 Å². The molecule has 2 saturated heterocycles. The van der Waals surface area contributed by atoms with Gasteiger partial charge in [-0.15, -0.1) is 0 Å². The molecular weight excluding hydrogens is 548 g/mol. The first-order chi connectivity index (χ1) is 20.9. The van der Waals surface area contributed by atoms with Crippen LogP contribution in [0.4, 0.5) is 5.69 Å². The van der Waals surface area contributed by atoms with Crippen molar-refractivity contribution < 1.29 is 23.9 Å². The summed E-state index contributed by atoms with van der Waals surface area (Å²) in [6.45, 7) is 2.92. The van der Waals surface area contributed by atoms with Crippen molar-refractivity contribution in [3.8, 4) is 5.75 Å². The Labute approximate surface area is 250 Å². The second-order valence-electron chi connectivity index (χ2n) is 11.4. The predicted octanol–water partition coefficient (Wildman–Crippen LogP) is 2.89. The van der Waals surface area contributed by atoms with Crippen molar-refractivity contribution in [1.82, 2.24) is 25.1 Å². The van der Waals surface area contributed by atoms with Crippen LogP contribution in [0.15, 0.2) is 67.1 Å². The number of amides is 3. The fourth-order valence-electron chi connectivity index (χ4n) is 6.15. The maximum atomic E-state index is 13.5. The highest BCUT2D eigenvalue weighted by Gasteiger charge is 2.39. The van der Waals surface area contributed by atoms with Gasteiger partial charge in [0.25, 0.3) is 11.8 Å². The molecule has 43 heavy (non-hydrogen) atoms. The van der Waals surface area contributed by atoms with Crippen molar-refractivity contribution in [2.45, 2.75) is 56.5 Å². The molecule has 0 unspecified atom stereocenters. The number of ether oxygens (including phenoxy) is 2. The largest absolute Gasteiger partial charge is 0.490 e. The van der Waals surface area contributed by atoms with E-state index < -0.39 is 5.91 Å². The summed E-state index contributed by atoms with van der Waals surface area (Å²) in [6, 6.07) is 15.3. The maximum Gasteiger partial charge on any atom is 0.275 e. The Morgan fingerprint density at radius 2 is 1.93 bits per heavy atom. The molecule has 3 aromatic rings. The molecule has 3 aliphatic rings. The number of hydrogen-bond donors (Lipinski definition) is 2. The summed E-state index contributed by atoms with van der Waals surface area (Å²) >= 11 is 0. The number of anilines is 1. The van der Waals surface area contributed by atoms with Crippen molar-refractivity contribution in [2.24, 2.45) is 0 Å². The number of likely N-dealkylation sites (tertiary alicyclic amines) is 1. The molecule has 3 aliphatic heterocycles. The molecule has 0 aliphatic carbocycles. The number of nitrogens with zero attached hydrogens (tertiary/aromatic N) is 4. The Bertz CT molecular complexity index is 1460. The molecule has 4 heterocycles. The van der Waals surface area contributed by atoms with E-state index in [0.29, 0.717) is 29.8 Å². The number of hydrogen-bond acceptors (Lipinski definition) is 8. The van der Waals surface area contributed by atoms with Crippen molar-refractivity contribution >= 4 is 23.4 Å². The summed E-state index contributed by atoms with van der Waals surface area (Å²) in [4.78, 5) is 51.0. The molecule has 6 rings (SSSR count). The molecule has 0 saturated carbocycles. The standard InChI is InChI=1S/C32H36N6O5/c1-37-27-9-8-24(16-30(39)35-23-11-14-38(19-23)18-21-5-3-2-4-6-21)43-29(27)20-42-28-10-7-22(15-25(28)32(37)41)36-31(40)26-17-33-12-13-34-26/h2-7,10,12-13,15,17,23-24,27,29H,8-9,11,14,16,18-20H2,1H3,(H,35,39)(H,36,40)/t23-,24-,27+,29-/m0/s1. The SMILES string of the molecule is CN1C(=O)c2cc(NC(=O)c3cnccn3)ccc2OC[C@@H]2O[C@H](CC(=O)N[C@H]3CCN(Cc4ccccc4)C3)CC[C@H]21. The number of benzene rings is 2. The lowest BCUT2D eigenvalue weighted by Gasteiger charge is -2.42. The smallest absolute Gasteiger partial charge is 0.275 e. The van der Waals surface area contributed by atoms with Gasteiger partial charge in [-0.2, -0.15) is 0 Å². The van der Waals surface area contributed by atoms with Crippen LogP contribution >= 0.6 is 0 Å². The minimum Gasteiger partial charge on any atom is -0.490 e. The van der Waals surface area contributed by atoms with Crippen LogP contribution in [0.25, 0.3) is 0 Å². The van der Waals surface area contributed by atoms with E-state index in [0.717, 1.165) is 26.1 Å². The quantitative estimate of drug-likeness (QED) is 0.434. The topological polar surface area (TPSA) is 126 Å². The van der Waals surface area contributed by atoms with Crippen molar-refractivity contribution in [3.63, 3.8) is 0 Å². The third kappa shape index (κ3) is 6.84. The normalized spacial score (nSPS) is 23.7. The number of aromatic nitrogens is 2. The zero-order valence-corrected chi connectivity index (χ0v) is 24.1. The Kier molecular flexibility index (Phi) is 8.62. The van der Waals surface area contributed by atoms with Gasteiger partial charge in [-0.25, -0.2) is 4.98 Å². The average Bonchev–Trinajstić information content (AvgIpc) is 3.46. The lowest BCUT2D eigenvalue weighted by Crippen LogP contribution is -2.54. The molecule has 1 aromatic heterocycles. The van der Waals surface area contributed by atoms with Gasteiger partial charge in [0.1, 0.15) is 24.2 Å². The minimum absolute atomic E-state index is 0.00684. The zero-order valence-electron chi connectivity index (χ0n) is 24.1. The third-order valence-electron chi connectivity index (χ3n) is 8.36. The van der Waals surface area contributed by atoms with Gasteiger partial charge in [0.05, 0.1) is 30.3 Å².